The van der Waals surface area contributed by atoms with Gasteiger partial charge in [0.05, 0.1) is 47.0 Å². The number of pyridine rings is 1. The van der Waals surface area contributed by atoms with Gasteiger partial charge in [0.2, 0.25) is 0 Å². The van der Waals surface area contributed by atoms with Gasteiger partial charge in [-0.15, -0.1) is 6.58 Å². The number of ether oxygens (including phenoxy) is 2. The fourth-order valence-electron chi connectivity index (χ4n) is 5.85. The molecule has 0 aliphatic carbocycles. The van der Waals surface area contributed by atoms with Gasteiger partial charge in [0.25, 0.3) is 0 Å². The standard InChI is InChI=1S/C32H43NO6/c1-6-7-13-22-29(36)20(2)11-10-17-32(5)27(39-32)18-25(24-16-15-21-12-8-9-14-23(21)33-24)38-28(35)19-26(34)31(3,4)30(22)37/h6,8-9,12,14-16,20,22,25-27,29,34,36H,1,7,10-11,13,17-19H2,2-5H3/t20-,22+,25-,26-,27?,29+,32?/m0/s1. The average molecular weight is 538 g/mol. The minimum Gasteiger partial charge on any atom is -0.456 e. The van der Waals surface area contributed by atoms with E-state index in [1.807, 2.05) is 43.3 Å². The minimum absolute atomic E-state index is 0.0972. The van der Waals surface area contributed by atoms with Crippen LogP contribution in [0.25, 0.3) is 10.9 Å². The number of aliphatic hydroxyl groups excluding tert-OH is 2. The van der Waals surface area contributed by atoms with E-state index in [-0.39, 0.29) is 29.8 Å². The highest BCUT2D eigenvalue weighted by molar-refractivity contribution is 5.88. The first-order valence-corrected chi connectivity index (χ1v) is 14.2. The van der Waals surface area contributed by atoms with Crippen LogP contribution in [-0.2, 0) is 19.1 Å². The lowest BCUT2D eigenvalue weighted by atomic mass is 9.71. The lowest BCUT2D eigenvalue weighted by Crippen LogP contribution is -2.46. The monoisotopic (exact) mass is 537 g/mol. The van der Waals surface area contributed by atoms with Crippen molar-refractivity contribution in [1.29, 1.82) is 0 Å². The number of epoxide rings is 1. The van der Waals surface area contributed by atoms with Crippen molar-refractivity contribution in [3.63, 3.8) is 0 Å². The second-order valence-corrected chi connectivity index (χ2v) is 12.2. The number of ketones is 1. The molecule has 0 spiro atoms. The molecular weight excluding hydrogens is 494 g/mol. The maximum atomic E-state index is 13.7. The summed E-state index contributed by atoms with van der Waals surface area (Å²) in [6, 6.07) is 11.6. The summed E-state index contributed by atoms with van der Waals surface area (Å²) in [5.74, 6) is -1.62. The van der Waals surface area contributed by atoms with E-state index in [2.05, 4.69) is 13.5 Å². The summed E-state index contributed by atoms with van der Waals surface area (Å²) >= 11 is 0. The van der Waals surface area contributed by atoms with Crippen molar-refractivity contribution in [2.24, 2.45) is 17.3 Å². The van der Waals surface area contributed by atoms with E-state index < -0.39 is 35.6 Å². The number of carbonyl (C=O) groups is 2. The molecule has 1 aromatic carbocycles. The molecule has 0 saturated carbocycles. The first kappa shape index (κ1) is 29.4. The van der Waals surface area contributed by atoms with Crippen LogP contribution in [-0.4, -0.2) is 50.9 Å². The van der Waals surface area contributed by atoms with Crippen molar-refractivity contribution in [1.82, 2.24) is 4.98 Å². The van der Waals surface area contributed by atoms with Gasteiger partial charge in [0.15, 0.2) is 0 Å². The highest BCUT2D eigenvalue weighted by Crippen LogP contribution is 2.46. The zero-order chi connectivity index (χ0) is 28.4. The smallest absolute Gasteiger partial charge is 0.309 e. The van der Waals surface area contributed by atoms with Crippen molar-refractivity contribution in [2.45, 2.75) is 103 Å². The Labute approximate surface area is 231 Å². The Morgan fingerprint density at radius 1 is 1.13 bits per heavy atom. The van der Waals surface area contributed by atoms with E-state index in [1.54, 1.807) is 19.9 Å². The van der Waals surface area contributed by atoms with Gasteiger partial charge in [0, 0.05) is 17.7 Å². The fraction of sp³-hybridized carbons (Fsp3) is 0.594. The third-order valence-corrected chi connectivity index (χ3v) is 8.86. The van der Waals surface area contributed by atoms with Crippen molar-refractivity contribution in [3.8, 4) is 0 Å². The predicted octanol–water partition coefficient (Wildman–Crippen LogP) is 5.48. The minimum atomic E-state index is -1.27. The molecule has 2 N–H and O–H groups in total. The van der Waals surface area contributed by atoms with Gasteiger partial charge in [-0.1, -0.05) is 57.5 Å². The van der Waals surface area contributed by atoms with E-state index in [0.717, 1.165) is 30.2 Å². The van der Waals surface area contributed by atoms with Gasteiger partial charge in [0.1, 0.15) is 11.9 Å². The lowest BCUT2D eigenvalue weighted by Gasteiger charge is -2.36. The molecule has 2 unspecified atom stereocenters. The molecule has 2 aliphatic rings. The van der Waals surface area contributed by atoms with Gasteiger partial charge in [-0.05, 0) is 50.7 Å². The van der Waals surface area contributed by atoms with Crippen LogP contribution in [0.4, 0.5) is 0 Å². The molecule has 2 fully saturated rings. The van der Waals surface area contributed by atoms with Gasteiger partial charge < -0.3 is 19.7 Å². The number of cyclic esters (lactones) is 1. The summed E-state index contributed by atoms with van der Waals surface area (Å²) in [5.41, 5.74) is -0.157. The molecule has 212 valence electrons. The highest BCUT2D eigenvalue weighted by atomic mass is 16.6. The number of rotatable bonds is 4. The zero-order valence-electron chi connectivity index (χ0n) is 23.6. The number of carbonyl (C=O) groups excluding carboxylic acids is 2. The number of nitrogens with zero attached hydrogens (tertiary/aromatic N) is 1. The highest BCUT2D eigenvalue weighted by Gasteiger charge is 2.53. The van der Waals surface area contributed by atoms with E-state index in [9.17, 15) is 19.8 Å². The number of benzene rings is 1. The molecule has 0 bridgehead atoms. The summed E-state index contributed by atoms with van der Waals surface area (Å²) in [6.45, 7) is 11.1. The quantitative estimate of drug-likeness (QED) is 0.302. The van der Waals surface area contributed by atoms with E-state index in [1.165, 1.54) is 0 Å². The maximum Gasteiger partial charge on any atom is 0.309 e. The Morgan fingerprint density at radius 2 is 1.87 bits per heavy atom. The van der Waals surface area contributed by atoms with Crippen LogP contribution in [0.15, 0.2) is 49.1 Å². The molecule has 2 aromatic rings. The van der Waals surface area contributed by atoms with E-state index in [0.29, 0.717) is 25.0 Å². The van der Waals surface area contributed by atoms with Gasteiger partial charge in [-0.2, -0.15) is 0 Å². The molecule has 2 aliphatic heterocycles. The van der Waals surface area contributed by atoms with Gasteiger partial charge >= 0.3 is 5.97 Å². The van der Waals surface area contributed by atoms with Crippen molar-refractivity contribution >= 4 is 22.7 Å². The van der Waals surface area contributed by atoms with Crippen LogP contribution in [0.3, 0.4) is 0 Å². The fourth-order valence-corrected chi connectivity index (χ4v) is 5.85. The third kappa shape index (κ3) is 6.59. The number of fused-ring (bicyclic) bond motifs is 2. The summed E-state index contributed by atoms with van der Waals surface area (Å²) in [6.07, 6.45) is 2.37. The Bertz CT molecular complexity index is 1190. The Kier molecular flexibility index (Phi) is 8.94. The number of esters is 1. The summed E-state index contributed by atoms with van der Waals surface area (Å²) in [7, 11) is 0. The molecule has 7 heteroatoms. The maximum absolute atomic E-state index is 13.7. The number of hydrogen-bond donors (Lipinski definition) is 2. The summed E-state index contributed by atoms with van der Waals surface area (Å²) in [4.78, 5) is 31.7. The SMILES string of the molecule is C=CCC[C@H]1C(=O)C(C)(C)[C@@H](O)CC(=O)O[C@H](c2ccc3ccccc3n2)CC2OC2(C)CCC[C@H](C)[C@H]1O. The normalized spacial score (nSPS) is 34.2. The number of allylic oxidation sites excluding steroid dienone is 1. The van der Waals surface area contributed by atoms with Crippen molar-refractivity contribution in [3.05, 3.63) is 54.7 Å². The van der Waals surface area contributed by atoms with Gasteiger partial charge in [-0.3, -0.25) is 9.59 Å². The third-order valence-electron chi connectivity index (χ3n) is 8.86. The first-order chi connectivity index (χ1) is 18.5. The van der Waals surface area contributed by atoms with Crippen LogP contribution in [0, 0.1) is 17.3 Å². The second kappa shape index (κ2) is 11.9. The summed E-state index contributed by atoms with van der Waals surface area (Å²) < 4.78 is 12.1. The Morgan fingerprint density at radius 3 is 2.62 bits per heavy atom. The molecule has 7 nitrogen and oxygen atoms in total. The Hall–Kier alpha value is -2.61. The zero-order valence-corrected chi connectivity index (χ0v) is 23.6. The van der Waals surface area contributed by atoms with Crippen LogP contribution < -0.4 is 0 Å². The summed E-state index contributed by atoms with van der Waals surface area (Å²) in [5, 5.41) is 23.3. The van der Waals surface area contributed by atoms with Crippen LogP contribution in [0.1, 0.15) is 84.4 Å². The van der Waals surface area contributed by atoms with E-state index in [4.69, 9.17) is 14.5 Å². The number of aliphatic hydroxyl groups is 2. The topological polar surface area (TPSA) is 109 Å². The van der Waals surface area contributed by atoms with Crippen LogP contribution in [0.2, 0.25) is 0 Å². The number of aromatic nitrogens is 1. The second-order valence-electron chi connectivity index (χ2n) is 12.2. The van der Waals surface area contributed by atoms with Crippen molar-refractivity contribution in [2.75, 3.05) is 0 Å². The molecule has 7 atom stereocenters. The van der Waals surface area contributed by atoms with Crippen LogP contribution in [0.5, 0.6) is 0 Å². The van der Waals surface area contributed by atoms with Gasteiger partial charge in [-0.25, -0.2) is 4.98 Å². The predicted molar refractivity (Wildman–Crippen MR) is 150 cm³/mol. The van der Waals surface area contributed by atoms with E-state index >= 15 is 0 Å². The molecule has 0 radical (unpaired) electrons. The molecule has 39 heavy (non-hydrogen) atoms. The number of para-hydroxylation sites is 1. The number of Topliss-reactive ketones (excluding diaryl/α,β-unsaturated/α-hetero) is 1. The molecule has 0 amide bonds. The van der Waals surface area contributed by atoms with Crippen LogP contribution >= 0.6 is 0 Å². The first-order valence-electron chi connectivity index (χ1n) is 14.2. The molecular formula is C32H43NO6. The lowest BCUT2D eigenvalue weighted by molar-refractivity contribution is -0.156. The largest absolute Gasteiger partial charge is 0.456 e. The number of hydrogen-bond acceptors (Lipinski definition) is 7. The average Bonchev–Trinajstić information content (AvgIpc) is 3.55. The molecule has 4 rings (SSSR count). The Balaban J connectivity index is 1.63. The molecule has 3 heterocycles. The van der Waals surface area contributed by atoms with Crippen molar-refractivity contribution < 1.29 is 29.3 Å². The molecule has 1 aromatic heterocycles. The molecule has 2 saturated heterocycles.